The van der Waals surface area contributed by atoms with Crippen LogP contribution in [0.25, 0.3) is 12.2 Å². The number of nitrogens with zero attached hydrogens (tertiary/aromatic N) is 2. The van der Waals surface area contributed by atoms with Gasteiger partial charge in [-0.2, -0.15) is 0 Å². The zero-order chi connectivity index (χ0) is 49.2. The fourth-order valence-corrected chi connectivity index (χ4v) is 10.6. The third-order valence-corrected chi connectivity index (χ3v) is 14.2. The Labute approximate surface area is 414 Å². The third-order valence-electron chi connectivity index (χ3n) is 13.9. The molecular formula is C53H71BrN2O13. The Bertz CT molecular complexity index is 2210. The zero-order valence-corrected chi connectivity index (χ0v) is 42.3. The third kappa shape index (κ3) is 14.6. The molecule has 15 nitrogen and oxygen atoms in total. The van der Waals surface area contributed by atoms with Gasteiger partial charge >= 0.3 is 5.97 Å². The Morgan fingerprint density at radius 1 is 0.986 bits per heavy atom. The summed E-state index contributed by atoms with van der Waals surface area (Å²) in [5.74, 6) is -1.95. The van der Waals surface area contributed by atoms with Crippen LogP contribution in [-0.2, 0) is 44.4 Å². The molecule has 5 aliphatic rings. The standard InChI is InChI=1S/C53H71BrN2O13/c1-31(16-17-38(61-6)12-10-18-54)21-44(58)47-26-42(62-7)27-53(60,69-47)28-49-55-36(29-63-49)22-33(3)51-35(5)52-34(4)45(67-51)13-9-14-48-56-43(30-64-48)46-24-37(57)23-41(66-46)25-40-20-32(2)19-39(65-40)11-8-15-50(59)68-52/h8-10,14-18,21-22,29-30,34-35,37-42,44-47,51-52,57-58,60H,2,11-13,19-20,23-28H2,1,3-7H3/b14-9+,15-8-,17-16+,18-10+,31-21+,33-22+/t34?,35-,37-,38?,39?,40+,41-,42+,44?,45?,46+,47?,51?,52?,53?/m0/s1. The van der Waals surface area contributed by atoms with Crippen molar-refractivity contribution in [1.82, 2.24) is 9.97 Å². The summed E-state index contributed by atoms with van der Waals surface area (Å²) >= 11 is 3.28. The lowest BCUT2D eigenvalue weighted by molar-refractivity contribution is -0.286. The van der Waals surface area contributed by atoms with E-state index in [-0.39, 0.29) is 67.2 Å². The molecule has 378 valence electrons. The molecule has 0 amide bonds. The van der Waals surface area contributed by atoms with E-state index < -0.39 is 48.4 Å². The molecule has 2 aromatic rings. The van der Waals surface area contributed by atoms with Crippen LogP contribution in [0.15, 0.2) is 92.2 Å². The zero-order valence-electron chi connectivity index (χ0n) is 40.7. The molecule has 9 unspecified atom stereocenters. The van der Waals surface area contributed by atoms with Crippen LogP contribution < -0.4 is 0 Å². The fourth-order valence-electron chi connectivity index (χ4n) is 10.4. The number of carbonyl (C=O) groups excluding carboxylic acids is 1. The SMILES string of the molecule is C=C1CC2C/C=C\C(=O)OC3C(C)C(C/C=C/c4nc(co4)[C@H]4C[C@@H](O)C[C@@H](C[C@@H](C1)O2)O4)OC(/C(C)=C/c1coc(CC2(O)C[C@H](OC)CC(C(O)/C=C(C)/C=C/C(C/C=C/Br)OC)O2)n1)[C@@H]3C. The van der Waals surface area contributed by atoms with Gasteiger partial charge in [0, 0.05) is 57.8 Å². The van der Waals surface area contributed by atoms with E-state index in [0.717, 1.165) is 16.7 Å². The van der Waals surface area contributed by atoms with Crippen LogP contribution in [0.4, 0.5) is 0 Å². The number of carbonyl (C=O) groups is 1. The molecule has 0 aliphatic carbocycles. The fraction of sp³-hybridized carbons (Fsp3) is 0.604. The van der Waals surface area contributed by atoms with E-state index in [9.17, 15) is 20.1 Å². The molecular weight excluding hydrogens is 952 g/mol. The summed E-state index contributed by atoms with van der Waals surface area (Å²) in [6.45, 7) is 12.2. The summed E-state index contributed by atoms with van der Waals surface area (Å²) in [5.41, 5.74) is 3.86. The van der Waals surface area contributed by atoms with Gasteiger partial charge in [-0.1, -0.05) is 84.0 Å². The van der Waals surface area contributed by atoms with Gasteiger partial charge in [0.15, 0.2) is 11.7 Å². The Balaban J connectivity index is 1.06. The van der Waals surface area contributed by atoms with Gasteiger partial charge in [0.2, 0.25) is 5.89 Å². The average Bonchev–Trinajstić information content (AvgIpc) is 3.96. The Hall–Kier alpha value is -3.81. The van der Waals surface area contributed by atoms with Crippen LogP contribution in [0.5, 0.6) is 0 Å². The van der Waals surface area contributed by atoms with Gasteiger partial charge in [-0.3, -0.25) is 0 Å². The van der Waals surface area contributed by atoms with Crippen LogP contribution in [0.3, 0.4) is 0 Å². The Morgan fingerprint density at radius 3 is 2.57 bits per heavy atom. The lowest BCUT2D eigenvalue weighted by atomic mass is 9.79. The number of rotatable bonds is 12. The molecule has 7 heterocycles. The van der Waals surface area contributed by atoms with E-state index >= 15 is 0 Å². The van der Waals surface area contributed by atoms with E-state index in [1.807, 2.05) is 64.2 Å². The topological polar surface area (TPSA) is 194 Å². The first-order chi connectivity index (χ1) is 33.1. The predicted molar refractivity (Wildman–Crippen MR) is 261 cm³/mol. The molecule has 15 atom stereocenters. The van der Waals surface area contributed by atoms with E-state index in [4.69, 9.17) is 52.0 Å². The van der Waals surface area contributed by atoms with E-state index in [1.54, 1.807) is 37.6 Å². The number of ether oxygens (including phenoxy) is 7. The molecule has 0 saturated carbocycles. The predicted octanol–water partition coefficient (Wildman–Crippen LogP) is 8.76. The quantitative estimate of drug-likeness (QED) is 0.104. The summed E-state index contributed by atoms with van der Waals surface area (Å²) < 4.78 is 55.2. The van der Waals surface area contributed by atoms with Crippen molar-refractivity contribution in [1.29, 1.82) is 0 Å². The maximum Gasteiger partial charge on any atom is 0.330 e. The van der Waals surface area contributed by atoms with Gasteiger partial charge < -0.3 is 57.3 Å². The molecule has 69 heavy (non-hydrogen) atoms. The second kappa shape index (κ2) is 24.5. The maximum atomic E-state index is 13.6. The molecule has 4 fully saturated rings. The first-order valence-corrected chi connectivity index (χ1v) is 25.2. The first-order valence-electron chi connectivity index (χ1n) is 24.3. The highest BCUT2D eigenvalue weighted by Gasteiger charge is 2.45. The second-order valence-corrected chi connectivity index (χ2v) is 20.0. The summed E-state index contributed by atoms with van der Waals surface area (Å²) in [5, 5.41) is 33.9. The molecule has 0 radical (unpaired) electrons. The van der Waals surface area contributed by atoms with Crippen molar-refractivity contribution in [3.63, 3.8) is 0 Å². The average molecular weight is 1020 g/mol. The molecule has 4 saturated heterocycles. The van der Waals surface area contributed by atoms with Crippen LogP contribution in [0.1, 0.15) is 121 Å². The normalized spacial score (nSPS) is 36.1. The molecule has 8 bridgehead atoms. The number of aromatic nitrogens is 2. The minimum Gasteiger partial charge on any atom is -0.458 e. The molecule has 2 aromatic heterocycles. The molecule has 0 spiro atoms. The number of fused-ring (bicyclic) bond motifs is 9. The molecule has 7 rings (SSSR count). The molecule has 0 aromatic carbocycles. The van der Waals surface area contributed by atoms with Gasteiger partial charge in [0.25, 0.3) is 0 Å². The Morgan fingerprint density at radius 2 is 1.78 bits per heavy atom. The largest absolute Gasteiger partial charge is 0.458 e. The number of aliphatic hydroxyl groups is 3. The van der Waals surface area contributed by atoms with Crippen LogP contribution in [-0.4, -0.2) is 118 Å². The summed E-state index contributed by atoms with van der Waals surface area (Å²) in [4.78, 5) is 24.8. The highest BCUT2D eigenvalue weighted by molar-refractivity contribution is 9.11. The Kier molecular flexibility index (Phi) is 18.9. The lowest BCUT2D eigenvalue weighted by Gasteiger charge is -2.44. The van der Waals surface area contributed by atoms with Crippen LogP contribution in [0, 0.1) is 11.8 Å². The maximum absolute atomic E-state index is 13.6. The number of hydrogen-bond acceptors (Lipinski definition) is 15. The van der Waals surface area contributed by atoms with Gasteiger partial charge in [-0.15, -0.1) is 0 Å². The number of esters is 1. The van der Waals surface area contributed by atoms with Crippen LogP contribution in [0.2, 0.25) is 0 Å². The molecule has 16 heteroatoms. The number of oxazole rings is 2. The minimum atomic E-state index is -1.73. The first kappa shape index (κ1) is 53.0. The van der Waals surface area contributed by atoms with Crippen LogP contribution >= 0.6 is 15.9 Å². The highest BCUT2D eigenvalue weighted by atomic mass is 79.9. The van der Waals surface area contributed by atoms with Crippen molar-refractivity contribution in [2.75, 3.05) is 14.2 Å². The van der Waals surface area contributed by atoms with E-state index in [1.165, 1.54) is 12.3 Å². The monoisotopic (exact) mass is 1020 g/mol. The lowest BCUT2D eigenvalue weighted by Crippen LogP contribution is -2.51. The number of halogens is 1. The van der Waals surface area contributed by atoms with Crippen molar-refractivity contribution in [2.24, 2.45) is 11.8 Å². The summed E-state index contributed by atoms with van der Waals surface area (Å²) in [6.07, 6.45) is 19.5. The van der Waals surface area contributed by atoms with Gasteiger partial charge in [-0.25, -0.2) is 14.8 Å². The second-order valence-electron chi connectivity index (χ2n) is 19.5. The smallest absolute Gasteiger partial charge is 0.330 e. The van der Waals surface area contributed by atoms with Gasteiger partial charge in [0.05, 0.1) is 67.5 Å². The van der Waals surface area contributed by atoms with E-state index in [0.29, 0.717) is 75.1 Å². The number of aliphatic hydroxyl groups excluding tert-OH is 2. The van der Waals surface area contributed by atoms with Gasteiger partial charge in [-0.05, 0) is 75.1 Å². The van der Waals surface area contributed by atoms with Crippen molar-refractivity contribution in [2.45, 2.75) is 177 Å². The van der Waals surface area contributed by atoms with Crippen molar-refractivity contribution in [3.05, 3.63) is 107 Å². The van der Waals surface area contributed by atoms with Crippen molar-refractivity contribution in [3.8, 4) is 0 Å². The number of allylic oxidation sites excluding steroid dienone is 2. The van der Waals surface area contributed by atoms with E-state index in [2.05, 4.69) is 22.5 Å². The summed E-state index contributed by atoms with van der Waals surface area (Å²) in [7, 11) is 3.22. The highest BCUT2D eigenvalue weighted by Crippen LogP contribution is 2.40. The number of hydrogen-bond donors (Lipinski definition) is 3. The number of methoxy groups -OCH3 is 2. The summed E-state index contributed by atoms with van der Waals surface area (Å²) in [6, 6.07) is 0. The van der Waals surface area contributed by atoms with Crippen molar-refractivity contribution >= 4 is 34.1 Å². The molecule has 5 aliphatic heterocycles. The van der Waals surface area contributed by atoms with Crippen molar-refractivity contribution < 1.29 is 62.1 Å². The van der Waals surface area contributed by atoms with Gasteiger partial charge in [0.1, 0.15) is 36.1 Å². The minimum absolute atomic E-state index is 0.0830. The molecule has 3 N–H and O–H groups in total.